The van der Waals surface area contributed by atoms with Gasteiger partial charge in [0.2, 0.25) is 6.04 Å². The highest BCUT2D eigenvalue weighted by Gasteiger charge is 2.62. The van der Waals surface area contributed by atoms with Crippen molar-refractivity contribution in [3.63, 3.8) is 0 Å². The first-order chi connectivity index (χ1) is 14.6. The number of nitro groups is 1. The maximum atomic E-state index is 12.1. The van der Waals surface area contributed by atoms with Gasteiger partial charge < -0.3 is 5.11 Å². The topological polar surface area (TPSA) is 63.4 Å². The molecule has 4 aliphatic carbocycles. The van der Waals surface area contributed by atoms with Crippen LogP contribution < -0.4 is 0 Å². The lowest BCUT2D eigenvalue weighted by Crippen LogP contribution is -2.55. The maximum Gasteiger partial charge on any atom is 0.235 e. The molecule has 9 unspecified atom stereocenters. The molecule has 0 aromatic rings. The third kappa shape index (κ3) is 3.89. The van der Waals surface area contributed by atoms with Crippen molar-refractivity contribution in [1.82, 2.24) is 0 Å². The quantitative estimate of drug-likeness (QED) is 0.291. The van der Waals surface area contributed by atoms with Crippen LogP contribution in [0.25, 0.3) is 0 Å². The van der Waals surface area contributed by atoms with Crippen LogP contribution in [0.5, 0.6) is 0 Å². The Kier molecular flexibility index (Phi) is 6.35. The Labute approximate surface area is 189 Å². The third-order valence-electron chi connectivity index (χ3n) is 10.6. The van der Waals surface area contributed by atoms with Crippen molar-refractivity contribution in [3.05, 3.63) is 21.8 Å². The zero-order chi connectivity index (χ0) is 22.6. The number of rotatable bonds is 6. The molecular weight excluding hydrogens is 386 g/mol. The molecule has 0 heterocycles. The van der Waals surface area contributed by atoms with Crippen LogP contribution in [0.3, 0.4) is 0 Å². The van der Waals surface area contributed by atoms with E-state index in [9.17, 15) is 15.2 Å². The molecule has 0 spiro atoms. The number of hydrogen-bond acceptors (Lipinski definition) is 3. The van der Waals surface area contributed by atoms with Gasteiger partial charge in [0, 0.05) is 16.9 Å². The first kappa shape index (κ1) is 23.3. The molecule has 0 aromatic heterocycles. The number of hydrogen-bond donors (Lipinski definition) is 1. The van der Waals surface area contributed by atoms with Crippen molar-refractivity contribution >= 4 is 0 Å². The number of nitrogens with zero attached hydrogens (tertiary/aromatic N) is 1. The van der Waals surface area contributed by atoms with Gasteiger partial charge in [-0.3, -0.25) is 10.1 Å². The molecule has 0 amide bonds. The zero-order valence-corrected chi connectivity index (χ0v) is 20.5. The molecule has 4 rings (SSSR count). The number of fused-ring (bicyclic) bond motifs is 5. The van der Waals surface area contributed by atoms with Crippen LogP contribution in [-0.4, -0.2) is 22.2 Å². The molecule has 4 heteroatoms. The Morgan fingerprint density at radius 1 is 1.10 bits per heavy atom. The molecule has 176 valence electrons. The van der Waals surface area contributed by atoms with Gasteiger partial charge in [-0.1, -0.05) is 53.9 Å². The fraction of sp³-hybridized carbons (Fsp3) is 0.926. The van der Waals surface area contributed by atoms with Crippen LogP contribution in [0, 0.1) is 56.5 Å². The van der Waals surface area contributed by atoms with Gasteiger partial charge in [-0.25, -0.2) is 0 Å². The highest BCUT2D eigenvalue weighted by molar-refractivity contribution is 5.29. The fourth-order valence-corrected chi connectivity index (χ4v) is 8.98. The number of aliphatic hydroxyl groups is 1. The van der Waals surface area contributed by atoms with Gasteiger partial charge in [-0.05, 0) is 90.9 Å². The molecule has 0 radical (unpaired) electrons. The minimum absolute atomic E-state index is 0.0364. The maximum absolute atomic E-state index is 12.1. The van der Waals surface area contributed by atoms with Crippen LogP contribution in [0.2, 0.25) is 0 Å². The first-order valence-corrected chi connectivity index (χ1v) is 13.1. The zero-order valence-electron chi connectivity index (χ0n) is 20.5. The lowest BCUT2D eigenvalue weighted by atomic mass is 9.45. The molecule has 0 aromatic carbocycles. The van der Waals surface area contributed by atoms with Crippen molar-refractivity contribution in [3.8, 4) is 0 Å². The van der Waals surface area contributed by atoms with Gasteiger partial charge in [-0.15, -0.1) is 0 Å². The second-order valence-electron chi connectivity index (χ2n) is 12.6. The van der Waals surface area contributed by atoms with E-state index in [0.717, 1.165) is 36.2 Å². The Morgan fingerprint density at radius 3 is 2.52 bits per heavy atom. The van der Waals surface area contributed by atoms with Gasteiger partial charge in [0.05, 0.1) is 6.10 Å². The lowest BCUT2D eigenvalue weighted by molar-refractivity contribution is -0.521. The van der Waals surface area contributed by atoms with Crippen molar-refractivity contribution in [2.75, 3.05) is 0 Å². The largest absolute Gasteiger partial charge is 0.389 e. The van der Waals surface area contributed by atoms with Crippen LogP contribution in [0.1, 0.15) is 98.8 Å². The fourth-order valence-electron chi connectivity index (χ4n) is 8.98. The van der Waals surface area contributed by atoms with Crippen LogP contribution >= 0.6 is 0 Å². The Bertz CT molecular complexity index is 717. The average molecular weight is 432 g/mol. The summed E-state index contributed by atoms with van der Waals surface area (Å²) in [6, 6.07) is -0.592. The van der Waals surface area contributed by atoms with Gasteiger partial charge in [-0.2, -0.15) is 0 Å². The summed E-state index contributed by atoms with van der Waals surface area (Å²) in [4.78, 5) is 12.1. The summed E-state index contributed by atoms with van der Waals surface area (Å²) in [6.45, 7) is 12.0. The van der Waals surface area contributed by atoms with Crippen LogP contribution in [-0.2, 0) is 0 Å². The van der Waals surface area contributed by atoms with Crippen molar-refractivity contribution in [1.29, 1.82) is 0 Å². The molecule has 9 atom stereocenters. The summed E-state index contributed by atoms with van der Waals surface area (Å²) < 4.78 is 0. The van der Waals surface area contributed by atoms with E-state index in [1.54, 1.807) is 0 Å². The molecule has 3 saturated carbocycles. The van der Waals surface area contributed by atoms with E-state index in [0.29, 0.717) is 29.6 Å². The van der Waals surface area contributed by atoms with Crippen LogP contribution in [0.4, 0.5) is 0 Å². The molecule has 4 aliphatic rings. The first-order valence-electron chi connectivity index (χ1n) is 13.1. The standard InChI is InChI=1S/C27H45NO3/c1-17(2)7-6-8-18(3)21-9-10-22-20-16-25(28(30)31)24-15-19(29)11-13-27(24,5)23(20)12-14-26(21,22)4/h15,17-23,25,29H,6-14,16H2,1-5H3. The highest BCUT2D eigenvalue weighted by atomic mass is 16.6. The second-order valence-corrected chi connectivity index (χ2v) is 12.6. The summed E-state index contributed by atoms with van der Waals surface area (Å²) in [5.74, 6) is 3.98. The normalized spacial score (nSPS) is 45.5. The summed E-state index contributed by atoms with van der Waals surface area (Å²) in [6.07, 6.45) is 12.8. The monoisotopic (exact) mass is 431 g/mol. The molecular formula is C27H45NO3. The SMILES string of the molecule is CC(C)CCCC(C)C1CCC2C3CC([N+](=O)[O-])C4=CC(O)CCC4(C)C3CCC12C. The van der Waals surface area contributed by atoms with E-state index in [1.165, 1.54) is 44.9 Å². The third-order valence-corrected chi connectivity index (χ3v) is 10.6. The smallest absolute Gasteiger partial charge is 0.235 e. The predicted molar refractivity (Wildman–Crippen MR) is 125 cm³/mol. The summed E-state index contributed by atoms with van der Waals surface area (Å²) in [5, 5.41) is 22.4. The summed E-state index contributed by atoms with van der Waals surface area (Å²) in [7, 11) is 0. The van der Waals surface area contributed by atoms with E-state index in [1.807, 2.05) is 6.08 Å². The van der Waals surface area contributed by atoms with Gasteiger partial charge in [0.15, 0.2) is 0 Å². The van der Waals surface area contributed by atoms with Crippen molar-refractivity contribution in [2.24, 2.45) is 46.3 Å². The van der Waals surface area contributed by atoms with E-state index in [4.69, 9.17) is 0 Å². The summed E-state index contributed by atoms with van der Waals surface area (Å²) in [5.41, 5.74) is 1.21. The number of aliphatic hydroxyl groups excluding tert-OH is 1. The average Bonchev–Trinajstić information content (AvgIpc) is 3.05. The highest BCUT2D eigenvalue weighted by Crippen LogP contribution is 2.68. The van der Waals surface area contributed by atoms with E-state index in [-0.39, 0.29) is 10.3 Å². The molecule has 0 bridgehead atoms. The van der Waals surface area contributed by atoms with Crippen LogP contribution in [0.15, 0.2) is 11.6 Å². The minimum Gasteiger partial charge on any atom is -0.389 e. The van der Waals surface area contributed by atoms with Gasteiger partial charge >= 0.3 is 0 Å². The van der Waals surface area contributed by atoms with Crippen molar-refractivity contribution < 1.29 is 10.0 Å². The molecule has 3 fully saturated rings. The van der Waals surface area contributed by atoms with Crippen molar-refractivity contribution in [2.45, 2.75) is 111 Å². The van der Waals surface area contributed by atoms with Gasteiger partial charge in [0.25, 0.3) is 0 Å². The molecule has 31 heavy (non-hydrogen) atoms. The summed E-state index contributed by atoms with van der Waals surface area (Å²) >= 11 is 0. The van der Waals surface area contributed by atoms with E-state index in [2.05, 4.69) is 34.6 Å². The minimum atomic E-state index is -0.592. The predicted octanol–water partition coefficient (Wildman–Crippen LogP) is 6.64. The Balaban J connectivity index is 1.57. The molecule has 0 aliphatic heterocycles. The Morgan fingerprint density at radius 2 is 1.84 bits per heavy atom. The van der Waals surface area contributed by atoms with E-state index < -0.39 is 12.1 Å². The Hall–Kier alpha value is -0.900. The molecule has 4 nitrogen and oxygen atoms in total. The van der Waals surface area contributed by atoms with Gasteiger partial charge in [0.1, 0.15) is 0 Å². The second kappa shape index (κ2) is 8.47. The van der Waals surface area contributed by atoms with E-state index >= 15 is 0 Å². The lowest BCUT2D eigenvalue weighted by Gasteiger charge is -2.59. The molecule has 1 N–H and O–H groups in total. The molecule has 0 saturated heterocycles.